The number of hydrogen-bond donors (Lipinski definition) is 4. The second-order valence-electron chi connectivity index (χ2n) is 3.47. The summed E-state index contributed by atoms with van der Waals surface area (Å²) in [5, 5.41) is 26.5. The Bertz CT molecular complexity index is 394. The van der Waals surface area contributed by atoms with E-state index in [4.69, 9.17) is 15.9 Å². The number of nitrogens with two attached hydrogens (primary N) is 1. The van der Waals surface area contributed by atoms with Crippen LogP contribution in [0.5, 0.6) is 5.75 Å². The molecule has 0 saturated heterocycles. The SMILES string of the molecule is N=C(N)C1c2ccccc2OC(O)C1O. The molecule has 3 unspecified atom stereocenters. The van der Waals surface area contributed by atoms with E-state index in [0.29, 0.717) is 11.3 Å². The number of rotatable bonds is 1. The number of aliphatic hydroxyl groups is 2. The lowest BCUT2D eigenvalue weighted by molar-refractivity contribution is -0.116. The van der Waals surface area contributed by atoms with Gasteiger partial charge < -0.3 is 20.7 Å². The molecule has 0 spiro atoms. The van der Waals surface area contributed by atoms with Crippen LogP contribution in [0.15, 0.2) is 24.3 Å². The first kappa shape index (κ1) is 9.95. The monoisotopic (exact) mass is 208 g/mol. The molecule has 0 radical (unpaired) electrons. The number of ether oxygens (including phenoxy) is 1. The maximum absolute atomic E-state index is 9.66. The van der Waals surface area contributed by atoms with Crippen molar-refractivity contribution in [1.29, 1.82) is 5.41 Å². The quantitative estimate of drug-likeness (QED) is 0.378. The first-order valence-corrected chi connectivity index (χ1v) is 4.57. The third-order valence-corrected chi connectivity index (χ3v) is 2.47. The van der Waals surface area contributed by atoms with Crippen molar-refractivity contribution in [1.82, 2.24) is 0 Å². The highest BCUT2D eigenvalue weighted by Gasteiger charge is 2.37. The zero-order valence-electron chi connectivity index (χ0n) is 7.92. The van der Waals surface area contributed by atoms with E-state index >= 15 is 0 Å². The van der Waals surface area contributed by atoms with Gasteiger partial charge in [-0.1, -0.05) is 18.2 Å². The van der Waals surface area contributed by atoms with Gasteiger partial charge in [0, 0.05) is 5.56 Å². The smallest absolute Gasteiger partial charge is 0.224 e. The molecule has 0 bridgehead atoms. The Hall–Kier alpha value is -1.59. The van der Waals surface area contributed by atoms with Crippen LogP contribution in [0, 0.1) is 5.41 Å². The minimum Gasteiger partial charge on any atom is -0.462 e. The minimum atomic E-state index is -1.34. The number of nitrogens with one attached hydrogen (secondary N) is 1. The van der Waals surface area contributed by atoms with Crippen molar-refractivity contribution in [3.63, 3.8) is 0 Å². The van der Waals surface area contributed by atoms with Gasteiger partial charge in [-0.15, -0.1) is 0 Å². The van der Waals surface area contributed by atoms with Gasteiger partial charge in [-0.25, -0.2) is 0 Å². The lowest BCUT2D eigenvalue weighted by Gasteiger charge is -2.33. The molecule has 0 saturated carbocycles. The van der Waals surface area contributed by atoms with Gasteiger partial charge in [-0.2, -0.15) is 0 Å². The standard InChI is InChI=1S/C10H12N2O3/c11-9(12)7-5-3-1-2-4-6(5)15-10(14)8(7)13/h1-4,7-8,10,13-14H,(H3,11,12). The largest absolute Gasteiger partial charge is 0.462 e. The molecule has 5 N–H and O–H groups in total. The molecule has 0 aromatic heterocycles. The summed E-state index contributed by atoms with van der Waals surface area (Å²) in [6.07, 6.45) is -2.54. The first-order chi connectivity index (χ1) is 7.11. The summed E-state index contributed by atoms with van der Waals surface area (Å²) in [6, 6.07) is 6.90. The maximum Gasteiger partial charge on any atom is 0.224 e. The minimum absolute atomic E-state index is 0.183. The molecule has 15 heavy (non-hydrogen) atoms. The number of amidine groups is 1. The molecule has 0 fully saturated rings. The zero-order chi connectivity index (χ0) is 11.0. The van der Waals surface area contributed by atoms with Gasteiger partial charge >= 0.3 is 0 Å². The number of fused-ring (bicyclic) bond motifs is 1. The van der Waals surface area contributed by atoms with E-state index in [-0.39, 0.29) is 5.84 Å². The molecule has 1 aliphatic rings. The van der Waals surface area contributed by atoms with Gasteiger partial charge in [0.2, 0.25) is 6.29 Å². The van der Waals surface area contributed by atoms with Crippen LogP contribution in [0.3, 0.4) is 0 Å². The van der Waals surface area contributed by atoms with Crippen LogP contribution >= 0.6 is 0 Å². The molecular formula is C10H12N2O3. The van der Waals surface area contributed by atoms with Crippen molar-refractivity contribution >= 4 is 5.84 Å². The Balaban J connectivity index is 2.49. The molecule has 1 aromatic carbocycles. The van der Waals surface area contributed by atoms with E-state index in [1.54, 1.807) is 24.3 Å². The second-order valence-corrected chi connectivity index (χ2v) is 3.47. The fourth-order valence-corrected chi connectivity index (χ4v) is 1.74. The lowest BCUT2D eigenvalue weighted by atomic mass is 9.89. The van der Waals surface area contributed by atoms with Crippen molar-refractivity contribution in [2.45, 2.75) is 18.3 Å². The summed E-state index contributed by atoms with van der Waals surface area (Å²) < 4.78 is 5.08. The zero-order valence-corrected chi connectivity index (χ0v) is 7.92. The molecule has 0 amide bonds. The highest BCUT2D eigenvalue weighted by atomic mass is 16.6. The molecule has 3 atom stereocenters. The number of aliphatic hydroxyl groups excluding tert-OH is 2. The summed E-state index contributed by atoms with van der Waals surface area (Å²) >= 11 is 0. The number of hydrogen-bond acceptors (Lipinski definition) is 4. The normalized spacial score (nSPS) is 29.1. The fraction of sp³-hybridized carbons (Fsp3) is 0.300. The topological polar surface area (TPSA) is 99.6 Å². The summed E-state index contributed by atoms with van der Waals surface area (Å²) in [5.74, 6) is -0.433. The predicted molar refractivity (Wildman–Crippen MR) is 53.7 cm³/mol. The van der Waals surface area contributed by atoms with Crippen molar-refractivity contribution < 1.29 is 14.9 Å². The molecule has 5 nitrogen and oxygen atoms in total. The molecule has 1 heterocycles. The van der Waals surface area contributed by atoms with Crippen molar-refractivity contribution in [3.8, 4) is 5.75 Å². The van der Waals surface area contributed by atoms with Gasteiger partial charge in [-0.3, -0.25) is 5.41 Å². The predicted octanol–water partition coefficient (Wildman–Crippen LogP) is -0.222. The highest BCUT2D eigenvalue weighted by Crippen LogP contribution is 2.35. The Morgan fingerprint density at radius 2 is 2.00 bits per heavy atom. The summed E-state index contributed by atoms with van der Waals surface area (Å²) in [6.45, 7) is 0. The molecule has 2 rings (SSSR count). The highest BCUT2D eigenvalue weighted by molar-refractivity contribution is 5.86. The van der Waals surface area contributed by atoms with Crippen molar-refractivity contribution in [3.05, 3.63) is 29.8 Å². The Kier molecular flexibility index (Phi) is 2.34. The summed E-state index contributed by atoms with van der Waals surface area (Å²) in [7, 11) is 0. The average Bonchev–Trinajstić information content (AvgIpc) is 2.19. The second kappa shape index (κ2) is 3.52. The van der Waals surface area contributed by atoms with E-state index in [2.05, 4.69) is 0 Å². The van der Waals surface area contributed by atoms with E-state index < -0.39 is 18.3 Å². The van der Waals surface area contributed by atoms with Gasteiger partial charge in [0.05, 0.1) is 5.92 Å². The van der Waals surface area contributed by atoms with Crippen molar-refractivity contribution in [2.24, 2.45) is 5.73 Å². The number of para-hydroxylation sites is 1. The van der Waals surface area contributed by atoms with E-state index in [9.17, 15) is 10.2 Å². The van der Waals surface area contributed by atoms with Crippen LogP contribution in [0.1, 0.15) is 11.5 Å². The molecular weight excluding hydrogens is 196 g/mol. The van der Waals surface area contributed by atoms with Crippen LogP contribution < -0.4 is 10.5 Å². The number of benzene rings is 1. The molecule has 1 aromatic rings. The first-order valence-electron chi connectivity index (χ1n) is 4.57. The van der Waals surface area contributed by atoms with E-state index in [1.165, 1.54) is 0 Å². The van der Waals surface area contributed by atoms with Gasteiger partial charge in [0.15, 0.2) is 0 Å². The van der Waals surface area contributed by atoms with E-state index in [1.807, 2.05) is 0 Å². The maximum atomic E-state index is 9.66. The van der Waals surface area contributed by atoms with Gasteiger partial charge in [0.1, 0.15) is 17.7 Å². The molecule has 1 aliphatic heterocycles. The van der Waals surface area contributed by atoms with Crippen LogP contribution in [-0.2, 0) is 0 Å². The lowest BCUT2D eigenvalue weighted by Crippen LogP contribution is -2.45. The molecule has 5 heteroatoms. The van der Waals surface area contributed by atoms with Crippen LogP contribution in [0.2, 0.25) is 0 Å². The Morgan fingerprint density at radius 3 is 2.67 bits per heavy atom. The third kappa shape index (κ3) is 1.55. The summed E-state index contributed by atoms with van der Waals surface area (Å²) in [5.41, 5.74) is 6.02. The van der Waals surface area contributed by atoms with Gasteiger partial charge in [0.25, 0.3) is 0 Å². The Labute approximate surface area is 86.6 Å². The molecule has 0 aliphatic carbocycles. The van der Waals surface area contributed by atoms with Crippen molar-refractivity contribution in [2.75, 3.05) is 0 Å². The van der Waals surface area contributed by atoms with Crippen LogP contribution in [0.4, 0.5) is 0 Å². The average molecular weight is 208 g/mol. The van der Waals surface area contributed by atoms with Crippen LogP contribution in [0.25, 0.3) is 0 Å². The summed E-state index contributed by atoms with van der Waals surface area (Å²) in [4.78, 5) is 0. The van der Waals surface area contributed by atoms with E-state index in [0.717, 1.165) is 0 Å². The third-order valence-electron chi connectivity index (χ3n) is 2.47. The molecule has 80 valence electrons. The Morgan fingerprint density at radius 1 is 1.33 bits per heavy atom. The fourth-order valence-electron chi connectivity index (χ4n) is 1.74. The van der Waals surface area contributed by atoms with Crippen LogP contribution in [-0.4, -0.2) is 28.4 Å². The van der Waals surface area contributed by atoms with Gasteiger partial charge in [-0.05, 0) is 6.07 Å².